The number of nitriles is 1. The molecule has 2 aromatic heterocycles. The van der Waals surface area contributed by atoms with E-state index in [-0.39, 0.29) is 17.7 Å². The van der Waals surface area contributed by atoms with Crippen molar-refractivity contribution in [3.8, 4) is 6.07 Å². The fourth-order valence-electron chi connectivity index (χ4n) is 5.60. The van der Waals surface area contributed by atoms with E-state index in [1.165, 1.54) is 7.05 Å². The molecule has 0 saturated carbocycles. The molecule has 8 heteroatoms. The summed E-state index contributed by atoms with van der Waals surface area (Å²) in [6.45, 7) is 6.25. The monoisotopic (exact) mass is 483 g/mol. The molecule has 3 heterocycles. The van der Waals surface area contributed by atoms with E-state index in [9.17, 15) is 19.6 Å². The Morgan fingerprint density at radius 2 is 1.78 bits per heavy atom. The number of hydrogen-bond acceptors (Lipinski definition) is 5. The van der Waals surface area contributed by atoms with Gasteiger partial charge in [0.2, 0.25) is 0 Å². The van der Waals surface area contributed by atoms with Crippen LogP contribution in [0, 0.1) is 23.7 Å². The summed E-state index contributed by atoms with van der Waals surface area (Å²) < 4.78 is 4.47. The summed E-state index contributed by atoms with van der Waals surface area (Å²) in [5.74, 6) is -0.272. The molecule has 0 saturated heterocycles. The number of aromatic nitrogens is 3. The van der Waals surface area contributed by atoms with Gasteiger partial charge in [-0.1, -0.05) is 44.2 Å². The standard InChI is InChI=1S/C28H29N5O3/c1-16-19(11-18(14-29)31(16)4)22-23-20(12-28(2,3)13-21(23)34)30-25-24(22)26(35)32(5)27(36)33(25)15-17-9-7-6-8-10-17/h6-11,22,30H,12-13,15H2,1-5H3/t22-/m0/s1. The van der Waals surface area contributed by atoms with Gasteiger partial charge in [0.25, 0.3) is 5.56 Å². The first-order valence-corrected chi connectivity index (χ1v) is 12.0. The Kier molecular flexibility index (Phi) is 5.40. The molecule has 1 aromatic carbocycles. The van der Waals surface area contributed by atoms with Crippen molar-refractivity contribution in [2.24, 2.45) is 19.5 Å². The highest BCUT2D eigenvalue weighted by molar-refractivity contribution is 6.01. The van der Waals surface area contributed by atoms with Crippen molar-refractivity contribution in [1.82, 2.24) is 13.7 Å². The van der Waals surface area contributed by atoms with Crippen LogP contribution in [0.3, 0.4) is 0 Å². The van der Waals surface area contributed by atoms with Gasteiger partial charge in [0.1, 0.15) is 17.6 Å². The number of benzene rings is 1. The SMILES string of the molecule is Cc1c([C@H]2C3=C(CC(C)(C)CC3=O)Nc3c2c(=O)n(C)c(=O)n3Cc2ccccc2)cc(C#N)n1C. The first-order chi connectivity index (χ1) is 17.0. The number of rotatable bonds is 3. The van der Waals surface area contributed by atoms with Crippen molar-refractivity contribution < 1.29 is 4.79 Å². The van der Waals surface area contributed by atoms with E-state index in [4.69, 9.17) is 0 Å². The fraction of sp³-hybridized carbons (Fsp3) is 0.357. The minimum Gasteiger partial charge on any atom is -0.344 e. The number of fused-ring (bicyclic) bond motifs is 1. The van der Waals surface area contributed by atoms with Crippen LogP contribution in [0.2, 0.25) is 0 Å². The maximum atomic E-state index is 13.7. The number of allylic oxidation sites excluding steroid dienone is 2. The van der Waals surface area contributed by atoms with Gasteiger partial charge in [-0.05, 0) is 36.0 Å². The summed E-state index contributed by atoms with van der Waals surface area (Å²) >= 11 is 0. The Morgan fingerprint density at radius 3 is 2.42 bits per heavy atom. The van der Waals surface area contributed by atoms with Crippen molar-refractivity contribution in [1.29, 1.82) is 5.26 Å². The van der Waals surface area contributed by atoms with Gasteiger partial charge in [-0.25, -0.2) is 4.79 Å². The molecule has 3 aromatic rings. The molecule has 2 aliphatic rings. The van der Waals surface area contributed by atoms with Crippen LogP contribution in [0.25, 0.3) is 0 Å². The number of anilines is 1. The summed E-state index contributed by atoms with van der Waals surface area (Å²) in [6, 6.07) is 13.6. The lowest BCUT2D eigenvalue weighted by molar-refractivity contribution is -0.118. The highest BCUT2D eigenvalue weighted by Gasteiger charge is 2.44. The second-order valence-electron chi connectivity index (χ2n) is 10.6. The maximum Gasteiger partial charge on any atom is 0.332 e. The number of nitrogens with zero attached hydrogens (tertiary/aromatic N) is 4. The number of nitrogens with one attached hydrogen (secondary N) is 1. The smallest absolute Gasteiger partial charge is 0.332 e. The summed E-state index contributed by atoms with van der Waals surface area (Å²) in [5.41, 5.74) is 3.42. The second kappa shape index (κ2) is 8.23. The Morgan fingerprint density at radius 1 is 1.08 bits per heavy atom. The van der Waals surface area contributed by atoms with Crippen molar-refractivity contribution in [3.63, 3.8) is 0 Å². The summed E-state index contributed by atoms with van der Waals surface area (Å²) in [7, 11) is 3.27. The Bertz CT molecular complexity index is 1610. The quantitative estimate of drug-likeness (QED) is 0.616. The molecule has 36 heavy (non-hydrogen) atoms. The average Bonchev–Trinajstić information content (AvgIpc) is 3.12. The summed E-state index contributed by atoms with van der Waals surface area (Å²) in [5, 5.41) is 13.0. The van der Waals surface area contributed by atoms with E-state index < -0.39 is 17.2 Å². The van der Waals surface area contributed by atoms with Gasteiger partial charge in [-0.3, -0.25) is 18.7 Å². The molecule has 0 spiro atoms. The van der Waals surface area contributed by atoms with E-state index in [2.05, 4.69) is 11.4 Å². The first-order valence-electron chi connectivity index (χ1n) is 12.0. The molecule has 0 unspecified atom stereocenters. The first kappa shape index (κ1) is 23.6. The molecule has 8 nitrogen and oxygen atoms in total. The molecule has 5 rings (SSSR count). The van der Waals surface area contributed by atoms with Gasteiger partial charge in [-0.2, -0.15) is 5.26 Å². The molecule has 184 valence electrons. The van der Waals surface area contributed by atoms with Crippen LogP contribution >= 0.6 is 0 Å². The van der Waals surface area contributed by atoms with Crippen molar-refractivity contribution in [2.45, 2.75) is 46.1 Å². The number of Topliss-reactive ketones (excluding diaryl/α,β-unsaturated/α-hetero) is 1. The van der Waals surface area contributed by atoms with Crippen LogP contribution in [0.1, 0.15) is 60.7 Å². The molecular weight excluding hydrogens is 454 g/mol. The molecule has 0 amide bonds. The van der Waals surface area contributed by atoms with Gasteiger partial charge in [0.15, 0.2) is 5.78 Å². The van der Waals surface area contributed by atoms with Crippen molar-refractivity contribution in [3.05, 3.63) is 96.6 Å². The Labute approximate surface area is 209 Å². The molecule has 1 N–H and O–H groups in total. The summed E-state index contributed by atoms with van der Waals surface area (Å²) in [4.78, 5) is 40.7. The number of ketones is 1. The molecule has 1 atom stereocenters. The van der Waals surface area contributed by atoms with Crippen LogP contribution in [0.4, 0.5) is 5.82 Å². The molecule has 0 fully saturated rings. The minimum atomic E-state index is -0.672. The number of carbonyl (C=O) groups excluding carboxylic acids is 1. The maximum absolute atomic E-state index is 13.7. The highest BCUT2D eigenvalue weighted by Crippen LogP contribution is 2.48. The average molecular weight is 484 g/mol. The Balaban J connectivity index is 1.85. The lowest BCUT2D eigenvalue weighted by atomic mass is 9.69. The third kappa shape index (κ3) is 3.54. The lowest BCUT2D eigenvalue weighted by Gasteiger charge is -2.39. The van der Waals surface area contributed by atoms with E-state index in [0.29, 0.717) is 35.5 Å². The van der Waals surface area contributed by atoms with Gasteiger partial charge >= 0.3 is 5.69 Å². The molecule has 1 aliphatic heterocycles. The van der Waals surface area contributed by atoms with Crippen LogP contribution in [-0.4, -0.2) is 19.5 Å². The van der Waals surface area contributed by atoms with Crippen LogP contribution in [-0.2, 0) is 25.4 Å². The third-order valence-corrected chi connectivity index (χ3v) is 7.53. The zero-order chi connectivity index (χ0) is 25.9. The van der Waals surface area contributed by atoms with Gasteiger partial charge < -0.3 is 9.88 Å². The van der Waals surface area contributed by atoms with Gasteiger partial charge in [-0.15, -0.1) is 0 Å². The van der Waals surface area contributed by atoms with Crippen molar-refractivity contribution in [2.75, 3.05) is 5.32 Å². The minimum absolute atomic E-state index is 0.0194. The van der Waals surface area contributed by atoms with Gasteiger partial charge in [0, 0.05) is 37.5 Å². The zero-order valence-electron chi connectivity index (χ0n) is 21.2. The normalized spacial score (nSPS) is 18.3. The Hall–Kier alpha value is -4.12. The predicted molar refractivity (Wildman–Crippen MR) is 137 cm³/mol. The molecule has 0 radical (unpaired) electrons. The third-order valence-electron chi connectivity index (χ3n) is 7.53. The van der Waals surface area contributed by atoms with Gasteiger partial charge in [0.05, 0.1) is 18.0 Å². The largest absolute Gasteiger partial charge is 0.344 e. The van der Waals surface area contributed by atoms with Crippen LogP contribution in [0.5, 0.6) is 0 Å². The topological polar surface area (TPSA) is 102 Å². The van der Waals surface area contributed by atoms with E-state index >= 15 is 0 Å². The molecular formula is C28H29N5O3. The van der Waals surface area contributed by atoms with E-state index in [1.807, 2.05) is 51.1 Å². The number of carbonyl (C=O) groups is 1. The molecule has 0 bridgehead atoms. The lowest BCUT2D eigenvalue weighted by Crippen LogP contribution is -2.45. The fourth-order valence-corrected chi connectivity index (χ4v) is 5.60. The zero-order valence-corrected chi connectivity index (χ0v) is 21.2. The summed E-state index contributed by atoms with van der Waals surface area (Å²) in [6.07, 6.45) is 0.968. The number of hydrogen-bond donors (Lipinski definition) is 1. The second-order valence-corrected chi connectivity index (χ2v) is 10.6. The highest BCUT2D eigenvalue weighted by atomic mass is 16.2. The predicted octanol–water partition coefficient (Wildman–Crippen LogP) is 3.31. The van der Waals surface area contributed by atoms with E-state index in [1.54, 1.807) is 22.2 Å². The van der Waals surface area contributed by atoms with Crippen molar-refractivity contribution >= 4 is 11.6 Å². The van der Waals surface area contributed by atoms with E-state index in [0.717, 1.165) is 27.1 Å². The van der Waals surface area contributed by atoms with Crippen LogP contribution < -0.4 is 16.6 Å². The molecule has 1 aliphatic carbocycles. The van der Waals surface area contributed by atoms with Crippen LogP contribution in [0.15, 0.2) is 57.3 Å².